The molecule has 1 aromatic carbocycles. The first-order valence-corrected chi connectivity index (χ1v) is 12.9. The molecule has 3 aromatic heterocycles. The number of hydrogen-bond acceptors (Lipinski definition) is 7. The van der Waals surface area contributed by atoms with Crippen LogP contribution in [-0.2, 0) is 17.8 Å². The number of aromatic nitrogens is 3. The molecule has 0 aliphatic carbocycles. The monoisotopic (exact) mass is 526 g/mol. The molecule has 1 atom stereocenters. The summed E-state index contributed by atoms with van der Waals surface area (Å²) in [6, 6.07) is 11.6. The predicted octanol–water partition coefficient (Wildman–Crippen LogP) is 4.27. The zero-order valence-electron chi connectivity index (χ0n) is 20.9. The van der Waals surface area contributed by atoms with Crippen molar-refractivity contribution in [2.24, 2.45) is 5.73 Å². The molecule has 2 N–H and O–H groups in total. The van der Waals surface area contributed by atoms with Crippen LogP contribution in [0.4, 0.5) is 0 Å². The third-order valence-corrected chi connectivity index (χ3v) is 7.20. The predicted molar refractivity (Wildman–Crippen MR) is 145 cm³/mol. The quantitative estimate of drug-likeness (QED) is 0.314. The van der Waals surface area contributed by atoms with Gasteiger partial charge in [0.25, 0.3) is 0 Å². The average molecular weight is 527 g/mol. The summed E-state index contributed by atoms with van der Waals surface area (Å²) in [5.74, 6) is -0.0580. The van der Waals surface area contributed by atoms with E-state index < -0.39 is 5.91 Å². The second kappa shape index (κ2) is 11.4. The maximum atomic E-state index is 11.8. The molecule has 1 amide bonds. The Labute approximate surface area is 220 Å². The Bertz CT molecular complexity index is 1350. The highest BCUT2D eigenvalue weighted by Crippen LogP contribution is 2.36. The molecule has 10 heteroatoms. The summed E-state index contributed by atoms with van der Waals surface area (Å²) in [7, 11) is 6.26. The summed E-state index contributed by atoms with van der Waals surface area (Å²) >= 11 is 7.74. The number of benzene rings is 1. The second-order valence-corrected chi connectivity index (χ2v) is 10.6. The van der Waals surface area contributed by atoms with Gasteiger partial charge in [0.05, 0.1) is 17.5 Å². The first-order valence-electron chi connectivity index (χ1n) is 11.7. The van der Waals surface area contributed by atoms with Crippen molar-refractivity contribution in [3.05, 3.63) is 69.8 Å². The lowest BCUT2D eigenvalue weighted by Crippen LogP contribution is -2.28. The second-order valence-electron chi connectivity index (χ2n) is 9.12. The molecule has 0 saturated heterocycles. The van der Waals surface area contributed by atoms with Crippen LogP contribution in [0.25, 0.3) is 16.3 Å². The minimum absolute atomic E-state index is 0.0426. The average Bonchev–Trinajstić information content (AvgIpc) is 3.41. The molecular formula is C26H31ClN6O2S. The lowest BCUT2D eigenvalue weighted by molar-refractivity contribution is -0.117. The number of fused-ring (bicyclic) bond motifs is 1. The molecule has 3 heterocycles. The van der Waals surface area contributed by atoms with Gasteiger partial charge in [-0.05, 0) is 45.8 Å². The number of likely N-dealkylation sites (N-methyl/N-ethyl adjacent to an activating group) is 2. The minimum Gasteiger partial charge on any atom is -0.469 e. The van der Waals surface area contributed by atoms with Crippen LogP contribution in [0.15, 0.2) is 48.8 Å². The normalized spacial score (nSPS) is 12.5. The van der Waals surface area contributed by atoms with Crippen LogP contribution in [-0.4, -0.2) is 64.3 Å². The maximum absolute atomic E-state index is 11.8. The molecule has 0 unspecified atom stereocenters. The van der Waals surface area contributed by atoms with Gasteiger partial charge in [0.1, 0.15) is 22.5 Å². The fourth-order valence-corrected chi connectivity index (χ4v) is 5.19. The number of pyridine rings is 1. The van der Waals surface area contributed by atoms with Crippen LogP contribution in [0.1, 0.15) is 29.0 Å². The number of carbonyl (C=O) groups excluding carboxylic acids is 1. The molecule has 0 spiro atoms. The van der Waals surface area contributed by atoms with E-state index >= 15 is 0 Å². The van der Waals surface area contributed by atoms with Crippen LogP contribution >= 0.6 is 22.9 Å². The molecule has 190 valence electrons. The zero-order chi connectivity index (χ0) is 25.8. The summed E-state index contributed by atoms with van der Waals surface area (Å²) in [6.45, 7) is 4.68. The Kier molecular flexibility index (Phi) is 8.25. The van der Waals surface area contributed by atoms with E-state index in [1.54, 1.807) is 6.20 Å². The van der Waals surface area contributed by atoms with Gasteiger partial charge in [0.15, 0.2) is 0 Å². The van der Waals surface area contributed by atoms with Crippen molar-refractivity contribution in [3.8, 4) is 16.6 Å². The lowest BCUT2D eigenvalue weighted by atomic mass is 10.1. The van der Waals surface area contributed by atoms with E-state index in [-0.39, 0.29) is 12.5 Å². The number of hydrogen-bond donors (Lipinski definition) is 1. The molecule has 0 fully saturated rings. The van der Waals surface area contributed by atoms with E-state index in [0.717, 1.165) is 36.5 Å². The number of thiazole rings is 1. The van der Waals surface area contributed by atoms with Gasteiger partial charge >= 0.3 is 0 Å². The third kappa shape index (κ3) is 6.22. The SMILES string of the molecule is C[C@@H](Oc1nc(-c2cnc3ccc(CN(C)CCN(C)C)cn23)sc1CC(N)=O)c1ccccc1Cl. The fourth-order valence-electron chi connectivity index (χ4n) is 3.88. The third-order valence-electron chi connectivity index (χ3n) is 5.80. The van der Waals surface area contributed by atoms with Crippen molar-refractivity contribution < 1.29 is 9.53 Å². The van der Waals surface area contributed by atoms with Gasteiger partial charge in [-0.1, -0.05) is 35.9 Å². The van der Waals surface area contributed by atoms with E-state index in [0.29, 0.717) is 20.8 Å². The number of ether oxygens (including phenoxy) is 1. The highest BCUT2D eigenvalue weighted by Gasteiger charge is 2.21. The summed E-state index contributed by atoms with van der Waals surface area (Å²) in [6.07, 6.45) is 3.57. The Morgan fingerprint density at radius 1 is 1.19 bits per heavy atom. The van der Waals surface area contributed by atoms with Gasteiger partial charge in [-0.3, -0.25) is 9.20 Å². The van der Waals surface area contributed by atoms with Crippen LogP contribution in [0.3, 0.4) is 0 Å². The van der Waals surface area contributed by atoms with Gasteiger partial charge < -0.3 is 20.3 Å². The molecular weight excluding hydrogens is 496 g/mol. The van der Waals surface area contributed by atoms with Gasteiger partial charge in [-0.2, -0.15) is 4.98 Å². The molecule has 4 rings (SSSR count). The highest BCUT2D eigenvalue weighted by molar-refractivity contribution is 7.15. The van der Waals surface area contributed by atoms with Gasteiger partial charge in [0, 0.05) is 36.4 Å². The smallest absolute Gasteiger partial charge is 0.229 e. The van der Waals surface area contributed by atoms with Crippen molar-refractivity contribution >= 4 is 34.5 Å². The summed E-state index contributed by atoms with van der Waals surface area (Å²) < 4.78 is 8.22. The first kappa shape index (κ1) is 26.1. The van der Waals surface area contributed by atoms with Crippen molar-refractivity contribution in [2.45, 2.75) is 26.0 Å². The number of nitrogens with two attached hydrogens (primary N) is 1. The van der Waals surface area contributed by atoms with E-state index in [1.165, 1.54) is 16.9 Å². The number of rotatable bonds is 11. The highest BCUT2D eigenvalue weighted by atomic mass is 35.5. The summed E-state index contributed by atoms with van der Waals surface area (Å²) in [5, 5.41) is 1.32. The van der Waals surface area contributed by atoms with Crippen molar-refractivity contribution in [1.82, 2.24) is 24.2 Å². The van der Waals surface area contributed by atoms with Crippen LogP contribution in [0, 0.1) is 0 Å². The van der Waals surface area contributed by atoms with E-state index in [9.17, 15) is 4.79 Å². The van der Waals surface area contributed by atoms with Crippen LogP contribution < -0.4 is 10.5 Å². The number of halogens is 1. The first-order chi connectivity index (χ1) is 17.2. The number of imidazole rings is 1. The van der Waals surface area contributed by atoms with E-state index in [2.05, 4.69) is 48.2 Å². The Morgan fingerprint density at radius 3 is 2.69 bits per heavy atom. The van der Waals surface area contributed by atoms with Crippen molar-refractivity contribution in [3.63, 3.8) is 0 Å². The molecule has 36 heavy (non-hydrogen) atoms. The maximum Gasteiger partial charge on any atom is 0.229 e. The number of amides is 1. The standard InChI is InChI=1S/C26H31ClN6O2S/c1-17(19-7-5-6-8-20(19)27)35-25-22(13-23(28)34)36-26(30-25)21-14-29-24-10-9-18(16-33(21)24)15-32(4)12-11-31(2)3/h5-10,14,16-17H,11-13,15H2,1-4H3,(H2,28,34)/t17-/m1/s1. The van der Waals surface area contributed by atoms with Gasteiger partial charge in [0.2, 0.25) is 11.8 Å². The Morgan fingerprint density at radius 2 is 1.97 bits per heavy atom. The van der Waals surface area contributed by atoms with E-state index in [4.69, 9.17) is 27.1 Å². The molecule has 0 aliphatic rings. The van der Waals surface area contributed by atoms with Gasteiger partial charge in [-0.15, -0.1) is 11.3 Å². The lowest BCUT2D eigenvalue weighted by Gasteiger charge is -2.19. The molecule has 0 radical (unpaired) electrons. The largest absolute Gasteiger partial charge is 0.469 e. The number of nitrogens with zero attached hydrogens (tertiary/aromatic N) is 5. The van der Waals surface area contributed by atoms with Crippen LogP contribution in [0.2, 0.25) is 5.02 Å². The minimum atomic E-state index is -0.443. The van der Waals surface area contributed by atoms with Crippen molar-refractivity contribution in [2.75, 3.05) is 34.2 Å². The number of primary amides is 1. The molecule has 0 aliphatic heterocycles. The molecule has 8 nitrogen and oxygen atoms in total. The number of carbonyl (C=O) groups is 1. The zero-order valence-corrected chi connectivity index (χ0v) is 22.5. The Hall–Kier alpha value is -2.98. The van der Waals surface area contributed by atoms with Crippen molar-refractivity contribution in [1.29, 1.82) is 0 Å². The molecule has 0 saturated carbocycles. The summed E-state index contributed by atoms with van der Waals surface area (Å²) in [5.41, 5.74) is 9.19. The molecule has 0 bridgehead atoms. The fraction of sp³-hybridized carbons (Fsp3) is 0.346. The summed E-state index contributed by atoms with van der Waals surface area (Å²) in [4.78, 5) is 26.2. The van der Waals surface area contributed by atoms with Crippen LogP contribution in [0.5, 0.6) is 5.88 Å². The van der Waals surface area contributed by atoms with Gasteiger partial charge in [-0.25, -0.2) is 4.98 Å². The Balaban J connectivity index is 1.63. The molecule has 4 aromatic rings. The van der Waals surface area contributed by atoms with E-state index in [1.807, 2.05) is 41.7 Å². The topological polar surface area (TPSA) is 89.0 Å².